The van der Waals surface area contributed by atoms with Crippen LogP contribution in [-0.2, 0) is 10.3 Å². The van der Waals surface area contributed by atoms with Gasteiger partial charge in [0.25, 0.3) is 0 Å². The van der Waals surface area contributed by atoms with Gasteiger partial charge in [0.05, 0.1) is 0 Å². The molecule has 23 heavy (non-hydrogen) atoms. The first-order chi connectivity index (χ1) is 10.8. The Hall–Kier alpha value is -1.79. The van der Waals surface area contributed by atoms with Crippen molar-refractivity contribution in [3.63, 3.8) is 0 Å². The van der Waals surface area contributed by atoms with E-state index in [1.165, 1.54) is 12.1 Å². The summed E-state index contributed by atoms with van der Waals surface area (Å²) in [7, 11) is -4.56. The van der Waals surface area contributed by atoms with E-state index < -0.39 is 13.1 Å². The lowest BCUT2D eigenvalue weighted by Crippen LogP contribution is -2.01. The van der Waals surface area contributed by atoms with Crippen molar-refractivity contribution in [2.45, 2.75) is 12.7 Å². The number of aryl methyl sites for hydroxylation is 1. The van der Waals surface area contributed by atoms with E-state index in [-0.39, 0.29) is 5.75 Å². The van der Waals surface area contributed by atoms with Gasteiger partial charge in [0.15, 0.2) is 0 Å². The summed E-state index contributed by atoms with van der Waals surface area (Å²) in [4.78, 5) is 29.1. The van der Waals surface area contributed by atoms with Gasteiger partial charge in [-0.2, -0.15) is 0 Å². The molecule has 2 rings (SSSR count). The number of ether oxygens (including phenoxy) is 1. The normalized spacial score (nSPS) is 11.1. The molecule has 8 heteroatoms. The number of thioether (sulfide) groups is 1. The highest BCUT2D eigenvalue weighted by atomic mass is 32.2. The third-order valence-corrected chi connectivity index (χ3v) is 3.97. The van der Waals surface area contributed by atoms with E-state index in [4.69, 9.17) is 14.5 Å². The zero-order valence-electron chi connectivity index (χ0n) is 12.2. The number of rotatable bonds is 5. The summed E-state index contributed by atoms with van der Waals surface area (Å²) in [6.45, 7) is 1.94. The van der Waals surface area contributed by atoms with Gasteiger partial charge in [-0.05, 0) is 48.5 Å². The first-order valence-electron chi connectivity index (χ1n) is 6.57. The van der Waals surface area contributed by atoms with Crippen molar-refractivity contribution in [1.29, 1.82) is 0 Å². The summed E-state index contributed by atoms with van der Waals surface area (Å²) in [5.74, 6) is 0.925. The molecule has 0 amide bonds. The van der Waals surface area contributed by atoms with Crippen LogP contribution in [0.4, 0.5) is 4.79 Å². The van der Waals surface area contributed by atoms with Gasteiger partial charge in [0, 0.05) is 5.75 Å². The van der Waals surface area contributed by atoms with Crippen LogP contribution < -0.4 is 9.26 Å². The lowest BCUT2D eigenvalue weighted by Gasteiger charge is -2.07. The lowest BCUT2D eigenvalue weighted by molar-refractivity contribution is 0.227. The van der Waals surface area contributed by atoms with Crippen LogP contribution in [0.2, 0.25) is 0 Å². The van der Waals surface area contributed by atoms with Gasteiger partial charge < -0.3 is 9.26 Å². The summed E-state index contributed by atoms with van der Waals surface area (Å²) in [5, 5.41) is -0.426. The van der Waals surface area contributed by atoms with Crippen molar-refractivity contribution >= 4 is 24.9 Å². The number of carbonyl (C=O) groups is 1. The molecule has 0 bridgehead atoms. The van der Waals surface area contributed by atoms with Gasteiger partial charge in [-0.1, -0.05) is 29.8 Å². The number of phosphoric acid groups is 1. The Bertz CT molecular complexity index is 708. The van der Waals surface area contributed by atoms with Gasteiger partial charge >= 0.3 is 13.1 Å². The van der Waals surface area contributed by atoms with E-state index in [1.807, 2.05) is 19.1 Å². The molecule has 6 nitrogen and oxygen atoms in total. The van der Waals surface area contributed by atoms with Crippen LogP contribution in [-0.4, -0.2) is 15.1 Å². The molecule has 2 N–H and O–H groups in total. The lowest BCUT2D eigenvalue weighted by atomic mass is 10.2. The zero-order chi connectivity index (χ0) is 16.9. The minimum Gasteiger partial charge on any atom is -0.418 e. The molecule has 0 radical (unpaired) electrons. The summed E-state index contributed by atoms with van der Waals surface area (Å²) in [6, 6.07) is 13.3. The Kier molecular flexibility index (Phi) is 5.85. The minimum atomic E-state index is -4.56. The van der Waals surface area contributed by atoms with Crippen LogP contribution >= 0.6 is 19.6 Å². The summed E-state index contributed by atoms with van der Waals surface area (Å²) in [6.07, 6.45) is 0. The average Bonchev–Trinajstić information content (AvgIpc) is 2.47. The predicted octanol–water partition coefficient (Wildman–Crippen LogP) is 3.90. The van der Waals surface area contributed by atoms with Crippen LogP contribution in [0, 0.1) is 6.92 Å². The molecule has 0 unspecified atom stereocenters. The van der Waals surface area contributed by atoms with E-state index in [9.17, 15) is 9.36 Å². The zero-order valence-corrected chi connectivity index (χ0v) is 13.9. The third-order valence-electron chi connectivity index (χ3n) is 2.73. The number of phosphoric ester groups is 1. The SMILES string of the molecule is Cc1ccc(OC(=O)SCc2ccc(OP(=O)(O)O)cc2)cc1. The average molecular weight is 354 g/mol. The maximum Gasteiger partial charge on any atom is 0.524 e. The van der Waals surface area contributed by atoms with E-state index in [0.717, 1.165) is 22.9 Å². The monoisotopic (exact) mass is 354 g/mol. The fraction of sp³-hybridized carbons (Fsp3) is 0.133. The van der Waals surface area contributed by atoms with Gasteiger partial charge in [0.1, 0.15) is 11.5 Å². The largest absolute Gasteiger partial charge is 0.524 e. The summed E-state index contributed by atoms with van der Waals surface area (Å²) >= 11 is 0.992. The molecule has 0 saturated heterocycles. The van der Waals surface area contributed by atoms with E-state index in [0.29, 0.717) is 11.5 Å². The fourth-order valence-corrected chi connectivity index (χ4v) is 2.69. The Morgan fingerprint density at radius 2 is 1.61 bits per heavy atom. The van der Waals surface area contributed by atoms with Crippen LogP contribution in [0.5, 0.6) is 11.5 Å². The molecule has 0 aromatic heterocycles. The number of benzene rings is 2. The molecule has 0 heterocycles. The summed E-state index contributed by atoms with van der Waals surface area (Å²) < 4.78 is 20.3. The molecule has 0 aliphatic rings. The molecule has 122 valence electrons. The molecule has 0 fully saturated rings. The molecule has 2 aromatic rings. The number of hydrogen-bond acceptors (Lipinski definition) is 5. The Morgan fingerprint density at radius 1 is 1.04 bits per heavy atom. The minimum absolute atomic E-state index is 0.0642. The molecule has 0 spiro atoms. The van der Waals surface area contributed by atoms with Crippen molar-refractivity contribution in [1.82, 2.24) is 0 Å². The topological polar surface area (TPSA) is 93.1 Å². The standard InChI is InChI=1S/C15H15O6PS/c1-11-2-6-13(7-3-11)20-15(16)23-10-12-4-8-14(9-5-12)21-22(17,18)19/h2-9H,10H2,1H3,(H2,17,18,19). The van der Waals surface area contributed by atoms with Gasteiger partial charge in [0.2, 0.25) is 0 Å². The maximum atomic E-state index is 11.7. The predicted molar refractivity (Wildman–Crippen MR) is 87.6 cm³/mol. The Balaban J connectivity index is 1.84. The number of hydrogen-bond donors (Lipinski definition) is 2. The van der Waals surface area contributed by atoms with E-state index in [2.05, 4.69) is 4.52 Å². The van der Waals surface area contributed by atoms with Gasteiger partial charge in [-0.15, -0.1) is 0 Å². The van der Waals surface area contributed by atoms with Crippen molar-refractivity contribution in [3.8, 4) is 11.5 Å². The highest BCUT2D eigenvalue weighted by Crippen LogP contribution is 2.37. The third kappa shape index (κ3) is 6.46. The van der Waals surface area contributed by atoms with Crippen molar-refractivity contribution < 1.29 is 28.4 Å². The Labute approximate surface area is 137 Å². The highest BCUT2D eigenvalue weighted by Gasteiger charge is 2.15. The smallest absolute Gasteiger partial charge is 0.418 e. The van der Waals surface area contributed by atoms with Crippen LogP contribution in [0.3, 0.4) is 0 Å². The molecule has 0 saturated carbocycles. The molecule has 0 aliphatic carbocycles. The molecule has 0 aliphatic heterocycles. The highest BCUT2D eigenvalue weighted by molar-refractivity contribution is 8.12. The molecular weight excluding hydrogens is 339 g/mol. The van der Waals surface area contributed by atoms with E-state index >= 15 is 0 Å². The van der Waals surface area contributed by atoms with Crippen molar-refractivity contribution in [3.05, 3.63) is 59.7 Å². The Morgan fingerprint density at radius 3 is 2.17 bits per heavy atom. The number of carbonyl (C=O) groups excluding carboxylic acids is 1. The van der Waals surface area contributed by atoms with Gasteiger partial charge in [-0.3, -0.25) is 9.79 Å². The van der Waals surface area contributed by atoms with Crippen LogP contribution in [0.15, 0.2) is 48.5 Å². The van der Waals surface area contributed by atoms with Crippen LogP contribution in [0.25, 0.3) is 0 Å². The second-order valence-corrected chi connectivity index (χ2v) is 6.75. The maximum absolute atomic E-state index is 11.7. The molecule has 2 aromatic carbocycles. The molecular formula is C15H15O6PS. The summed E-state index contributed by atoms with van der Waals surface area (Å²) in [5.41, 5.74) is 1.88. The first-order valence-corrected chi connectivity index (χ1v) is 9.09. The fourth-order valence-electron chi connectivity index (χ4n) is 1.66. The first kappa shape index (κ1) is 17.6. The second-order valence-electron chi connectivity index (χ2n) is 4.68. The van der Waals surface area contributed by atoms with Gasteiger partial charge in [-0.25, -0.2) is 9.36 Å². The van der Waals surface area contributed by atoms with Crippen LogP contribution in [0.1, 0.15) is 11.1 Å². The van der Waals surface area contributed by atoms with E-state index in [1.54, 1.807) is 24.3 Å². The second kappa shape index (κ2) is 7.66. The van der Waals surface area contributed by atoms with Crippen molar-refractivity contribution in [2.24, 2.45) is 0 Å². The quantitative estimate of drug-likeness (QED) is 0.621. The van der Waals surface area contributed by atoms with Crippen molar-refractivity contribution in [2.75, 3.05) is 0 Å². The molecule has 0 atom stereocenters.